The number of hydrogen-bond acceptors (Lipinski definition) is 9. The number of aliphatic hydroxyl groups excluding tert-OH is 1. The van der Waals surface area contributed by atoms with Crippen LogP contribution < -0.4 is 9.91 Å². The summed E-state index contributed by atoms with van der Waals surface area (Å²) < 4.78 is 11.8. The van der Waals surface area contributed by atoms with E-state index in [2.05, 4.69) is 0 Å². The van der Waals surface area contributed by atoms with E-state index in [0.717, 1.165) is 16.8 Å². The number of esters is 1. The minimum atomic E-state index is -3.12. The summed E-state index contributed by atoms with van der Waals surface area (Å²) >= 11 is 0. The second kappa shape index (κ2) is 16.4. The van der Waals surface area contributed by atoms with Gasteiger partial charge in [0.25, 0.3) is 5.91 Å². The molecule has 0 bridgehead atoms. The molecular weight excluding hydrogens is 705 g/mol. The third-order valence-corrected chi connectivity index (χ3v) is 13.4. The van der Waals surface area contributed by atoms with Crippen molar-refractivity contribution in [1.82, 2.24) is 4.90 Å². The first kappa shape index (κ1) is 39.0. The highest BCUT2D eigenvalue weighted by molar-refractivity contribution is 6.71. The van der Waals surface area contributed by atoms with E-state index >= 15 is 0 Å². The van der Waals surface area contributed by atoms with Gasteiger partial charge in [-0.15, -0.1) is 0 Å². The zero-order valence-electron chi connectivity index (χ0n) is 31.4. The number of anilines is 2. The summed E-state index contributed by atoms with van der Waals surface area (Å²) in [6.07, 6.45) is 1.08. The number of nitrogens with zero attached hydrogens (tertiary/aromatic N) is 4. The molecule has 13 heteroatoms. The largest absolute Gasteiger partial charge is 0.469 e. The zero-order chi connectivity index (χ0) is 38.6. The van der Waals surface area contributed by atoms with Crippen LogP contribution in [0.1, 0.15) is 62.1 Å². The predicted molar refractivity (Wildman–Crippen MR) is 207 cm³/mol. The number of hydrogen-bond donors (Lipinski definition) is 2. The van der Waals surface area contributed by atoms with Gasteiger partial charge in [-0.25, -0.2) is 5.01 Å². The highest BCUT2D eigenvalue weighted by Gasteiger charge is 2.66. The van der Waals surface area contributed by atoms with Crippen molar-refractivity contribution in [2.45, 2.75) is 82.3 Å². The molecule has 3 aromatic carbocycles. The lowest BCUT2D eigenvalue weighted by Crippen LogP contribution is -2.46. The highest BCUT2D eigenvalue weighted by atomic mass is 28.4. The maximum atomic E-state index is 15.0. The lowest BCUT2D eigenvalue weighted by atomic mass is 9.82. The summed E-state index contributed by atoms with van der Waals surface area (Å²) in [5.74, 6) is -1.63. The molecular formula is C41H50N4O8Si. The van der Waals surface area contributed by atoms with Gasteiger partial charge >= 0.3 is 5.97 Å². The van der Waals surface area contributed by atoms with Crippen molar-refractivity contribution in [2.75, 3.05) is 36.7 Å². The fraction of sp³-hybridized carbons (Fsp3) is 0.439. The minimum absolute atomic E-state index is 0.0998. The average Bonchev–Trinajstić information content (AvgIpc) is 3.59. The molecule has 0 radical (unpaired) electrons. The molecule has 1 fully saturated rings. The summed E-state index contributed by atoms with van der Waals surface area (Å²) in [5, 5.41) is 16.1. The number of methoxy groups -OCH3 is 1. The second-order valence-electron chi connectivity index (χ2n) is 14.9. The molecule has 0 unspecified atom stereocenters. The predicted octanol–water partition coefficient (Wildman–Crippen LogP) is 5.12. The molecule has 0 saturated carbocycles. The number of aliphatic hydroxyl groups is 1. The van der Waals surface area contributed by atoms with Gasteiger partial charge in [0.2, 0.25) is 11.8 Å². The van der Waals surface area contributed by atoms with Crippen LogP contribution in [0, 0.1) is 5.92 Å². The highest BCUT2D eigenvalue weighted by Crippen LogP contribution is 2.60. The first-order valence-electron chi connectivity index (χ1n) is 18.7. The Balaban J connectivity index is 1.39. The Kier molecular flexibility index (Phi) is 11.8. The number of ether oxygens (including phenoxy) is 2. The zero-order valence-corrected chi connectivity index (χ0v) is 32.4. The van der Waals surface area contributed by atoms with Gasteiger partial charge in [-0.05, 0) is 55.3 Å². The number of rotatable bonds is 14. The maximum Gasteiger partial charge on any atom is 0.305 e. The number of unbranched alkanes of at least 4 members (excludes halogenated alkanes) is 1. The molecule has 0 aromatic heterocycles. The number of fused-ring (bicyclic) bond motifs is 2. The maximum absolute atomic E-state index is 15.0. The molecule has 2 N–H and O–H groups in total. The first-order valence-corrected chi connectivity index (χ1v) is 21.7. The Morgan fingerprint density at radius 3 is 2.39 bits per heavy atom. The van der Waals surface area contributed by atoms with E-state index in [4.69, 9.17) is 14.6 Å². The van der Waals surface area contributed by atoms with Gasteiger partial charge < -0.3 is 29.2 Å². The lowest BCUT2D eigenvalue weighted by Gasteiger charge is -2.33. The van der Waals surface area contributed by atoms with Crippen molar-refractivity contribution in [2.24, 2.45) is 11.0 Å². The summed E-state index contributed by atoms with van der Waals surface area (Å²) in [6, 6.07) is 24.6. The molecule has 3 aliphatic heterocycles. The third-order valence-electron chi connectivity index (χ3n) is 10.9. The monoisotopic (exact) mass is 754 g/mol. The lowest BCUT2D eigenvalue weighted by molar-refractivity contribution is -0.150. The van der Waals surface area contributed by atoms with Crippen molar-refractivity contribution in [3.05, 3.63) is 95.6 Å². The molecule has 54 heavy (non-hydrogen) atoms. The molecule has 12 nitrogen and oxygen atoms in total. The van der Waals surface area contributed by atoms with E-state index in [1.807, 2.05) is 73.7 Å². The fourth-order valence-electron chi connectivity index (χ4n) is 8.37. The van der Waals surface area contributed by atoms with Crippen molar-refractivity contribution >= 4 is 49.1 Å². The quantitative estimate of drug-likeness (QED) is 0.131. The van der Waals surface area contributed by atoms with Crippen LogP contribution in [0.4, 0.5) is 11.4 Å². The summed E-state index contributed by atoms with van der Waals surface area (Å²) in [4.78, 5) is 69.4. The topological polar surface area (TPSA) is 149 Å². The van der Waals surface area contributed by atoms with E-state index in [9.17, 15) is 29.1 Å². The fourth-order valence-corrected chi connectivity index (χ4v) is 10.9. The van der Waals surface area contributed by atoms with Gasteiger partial charge in [-0.3, -0.25) is 19.2 Å². The summed E-state index contributed by atoms with van der Waals surface area (Å²) in [5.41, 5.74) is 2.15. The molecule has 286 valence electrons. The van der Waals surface area contributed by atoms with Crippen LogP contribution in [0.15, 0.2) is 84.0 Å². The van der Waals surface area contributed by atoms with Crippen molar-refractivity contribution < 1.29 is 38.6 Å². The minimum Gasteiger partial charge on any atom is -0.469 e. The van der Waals surface area contributed by atoms with Crippen molar-refractivity contribution in [3.8, 4) is 0 Å². The van der Waals surface area contributed by atoms with E-state index in [1.54, 1.807) is 35.0 Å². The Hall–Kier alpha value is -4.69. The Bertz CT molecular complexity index is 1880. The molecule has 6 rings (SSSR count). The second-order valence-corrected chi connectivity index (χ2v) is 18.9. The van der Waals surface area contributed by atoms with E-state index in [1.165, 1.54) is 12.1 Å². The smallest absolute Gasteiger partial charge is 0.305 e. The third kappa shape index (κ3) is 7.76. The van der Waals surface area contributed by atoms with E-state index in [0.29, 0.717) is 42.7 Å². The van der Waals surface area contributed by atoms with Gasteiger partial charge in [-0.1, -0.05) is 67.6 Å². The number of carbonyl (C=O) groups excluding carboxylic acids is 4. The molecule has 1 spiro atoms. The van der Waals surface area contributed by atoms with Crippen LogP contribution in [0.3, 0.4) is 0 Å². The number of hydrazone groups is 1. The van der Waals surface area contributed by atoms with Crippen LogP contribution in [0.2, 0.25) is 18.6 Å². The van der Waals surface area contributed by atoms with Gasteiger partial charge in [0, 0.05) is 55.9 Å². The molecule has 3 heterocycles. The van der Waals surface area contributed by atoms with E-state index < -0.39 is 31.5 Å². The van der Waals surface area contributed by atoms with Crippen LogP contribution in [-0.2, 0) is 40.8 Å². The SMILES string of the molecule is COC(=O)CCCCN1C(=O)[C@]2(O[C@H](CC(=O)N(CCO)Cc3ccccc3)[C@@H]([Si](C)(C)O)[C@@H]2C)c2cc(N3N=C(c4ccccc4)CCC3=O)ccc21. The van der Waals surface area contributed by atoms with Gasteiger partial charge in [0.15, 0.2) is 13.9 Å². The standard InChI is InChI=1S/C41H50N4O8Si/c1-28-39(54(3,4)51)35(26-37(48)43(23-24-46)27-29-13-7-5-8-14-29)53-41(28)32-25-31(45-36(47)21-19-33(42-45)30-15-9-6-10-16-30)18-20-34(32)44(40(41)50)22-12-11-17-38(49)52-2/h5-10,13-16,18,20,25,28,35,39,46,51H,11-12,17,19,21-24,26-27H2,1-4H3/t28-,35+,39-,41+/m0/s1. The van der Waals surface area contributed by atoms with Crippen molar-refractivity contribution in [1.29, 1.82) is 0 Å². The number of amides is 3. The molecule has 3 amide bonds. The molecule has 0 aliphatic carbocycles. The van der Waals surface area contributed by atoms with Crippen molar-refractivity contribution in [3.63, 3.8) is 0 Å². The Morgan fingerprint density at radius 1 is 1.02 bits per heavy atom. The number of carbonyl (C=O) groups is 4. The average molecular weight is 755 g/mol. The van der Waals surface area contributed by atoms with Crippen LogP contribution in [0.25, 0.3) is 0 Å². The summed E-state index contributed by atoms with van der Waals surface area (Å²) in [7, 11) is -1.77. The first-order chi connectivity index (χ1) is 25.9. The van der Waals surface area contributed by atoms with Crippen LogP contribution in [-0.4, -0.2) is 85.4 Å². The van der Waals surface area contributed by atoms with Crippen LogP contribution >= 0.6 is 0 Å². The molecule has 4 atom stereocenters. The van der Waals surface area contributed by atoms with Gasteiger partial charge in [0.1, 0.15) is 0 Å². The molecule has 3 aliphatic rings. The normalized spacial score (nSPS) is 22.4. The van der Waals surface area contributed by atoms with E-state index in [-0.39, 0.29) is 62.6 Å². The molecule has 1 saturated heterocycles. The molecule has 3 aromatic rings. The van der Waals surface area contributed by atoms with Gasteiger partial charge in [-0.2, -0.15) is 5.10 Å². The summed E-state index contributed by atoms with van der Waals surface area (Å²) in [6.45, 7) is 5.99. The van der Waals surface area contributed by atoms with Gasteiger partial charge in [0.05, 0.1) is 43.3 Å². The number of benzene rings is 3. The Labute approximate surface area is 317 Å². The Morgan fingerprint density at radius 2 is 1.72 bits per heavy atom. The van der Waals surface area contributed by atoms with Crippen LogP contribution in [0.5, 0.6) is 0 Å².